The summed E-state index contributed by atoms with van der Waals surface area (Å²) in [6.45, 7) is 7.37. The summed E-state index contributed by atoms with van der Waals surface area (Å²) in [7, 11) is 1.58. The zero-order valence-corrected chi connectivity index (χ0v) is 15.7. The maximum absolute atomic E-state index is 12.2. The van der Waals surface area contributed by atoms with Gasteiger partial charge in [0.15, 0.2) is 5.69 Å². The van der Waals surface area contributed by atoms with Crippen LogP contribution in [0, 0.1) is 0 Å². The van der Waals surface area contributed by atoms with Gasteiger partial charge in [-0.15, -0.1) is 0 Å². The van der Waals surface area contributed by atoms with Crippen molar-refractivity contribution in [2.24, 2.45) is 0 Å². The highest BCUT2D eigenvalue weighted by molar-refractivity contribution is 5.87. The van der Waals surface area contributed by atoms with Crippen LogP contribution >= 0.6 is 0 Å². The Kier molecular flexibility index (Phi) is 6.02. The van der Waals surface area contributed by atoms with E-state index >= 15 is 0 Å². The van der Waals surface area contributed by atoms with Crippen molar-refractivity contribution in [3.8, 4) is 11.4 Å². The van der Waals surface area contributed by atoms with E-state index in [1.165, 1.54) is 4.68 Å². The van der Waals surface area contributed by atoms with Gasteiger partial charge in [-0.05, 0) is 58.0 Å². The van der Waals surface area contributed by atoms with Gasteiger partial charge in [-0.25, -0.2) is 9.48 Å². The summed E-state index contributed by atoms with van der Waals surface area (Å²) in [5.41, 5.74) is 0.778. The minimum atomic E-state index is -0.591. The Morgan fingerprint density at radius 1 is 1.15 bits per heavy atom. The van der Waals surface area contributed by atoms with E-state index in [0.29, 0.717) is 17.1 Å². The fraction of sp³-hybridized carbons (Fsp3) is 0.421. The van der Waals surface area contributed by atoms with Gasteiger partial charge in [0.25, 0.3) is 0 Å². The lowest BCUT2D eigenvalue weighted by molar-refractivity contribution is -0.154. The van der Waals surface area contributed by atoms with E-state index < -0.39 is 17.5 Å². The molecule has 0 fully saturated rings. The van der Waals surface area contributed by atoms with Crippen molar-refractivity contribution in [3.05, 3.63) is 41.7 Å². The van der Waals surface area contributed by atoms with Crippen LogP contribution in [0.15, 0.2) is 30.3 Å². The molecule has 0 atom stereocenters. The lowest BCUT2D eigenvalue weighted by atomic mass is 10.2. The molecule has 0 aliphatic carbocycles. The minimum Gasteiger partial charge on any atom is -0.497 e. The zero-order chi connectivity index (χ0) is 19.3. The molecule has 0 bridgehead atoms. The molecule has 1 aromatic heterocycles. The predicted molar refractivity (Wildman–Crippen MR) is 95.6 cm³/mol. The van der Waals surface area contributed by atoms with Crippen LogP contribution < -0.4 is 4.74 Å². The summed E-state index contributed by atoms with van der Waals surface area (Å²) in [6, 6.07) is 8.68. The SMILES string of the molecule is CCOC(=O)c1cc(CC(=O)OC(C)(C)C)n(-c2ccc(OC)cc2)n1. The summed E-state index contributed by atoms with van der Waals surface area (Å²) in [5.74, 6) is -0.243. The molecule has 0 saturated heterocycles. The van der Waals surface area contributed by atoms with Gasteiger partial charge in [0.2, 0.25) is 0 Å². The van der Waals surface area contributed by atoms with E-state index in [1.54, 1.807) is 65.1 Å². The third kappa shape index (κ3) is 5.08. The van der Waals surface area contributed by atoms with Gasteiger partial charge < -0.3 is 14.2 Å². The maximum atomic E-state index is 12.2. The first kappa shape index (κ1) is 19.5. The number of hydrogen-bond donors (Lipinski definition) is 0. The highest BCUT2D eigenvalue weighted by Crippen LogP contribution is 2.19. The Hall–Kier alpha value is -2.83. The summed E-state index contributed by atoms with van der Waals surface area (Å²) in [4.78, 5) is 24.2. The van der Waals surface area contributed by atoms with Crippen LogP contribution in [-0.2, 0) is 20.7 Å². The number of aromatic nitrogens is 2. The number of esters is 2. The monoisotopic (exact) mass is 360 g/mol. The number of carbonyl (C=O) groups excluding carboxylic acids is 2. The van der Waals surface area contributed by atoms with Crippen molar-refractivity contribution in [3.63, 3.8) is 0 Å². The van der Waals surface area contributed by atoms with Crippen LogP contribution in [0.25, 0.3) is 5.69 Å². The van der Waals surface area contributed by atoms with E-state index in [4.69, 9.17) is 14.2 Å². The summed E-state index contributed by atoms with van der Waals surface area (Å²) >= 11 is 0. The molecule has 0 N–H and O–H groups in total. The molecule has 140 valence electrons. The second kappa shape index (κ2) is 8.03. The van der Waals surface area contributed by atoms with Crippen LogP contribution in [-0.4, -0.2) is 41.0 Å². The summed E-state index contributed by atoms with van der Waals surface area (Å²) in [6.07, 6.45) is -0.0182. The first-order valence-corrected chi connectivity index (χ1v) is 8.36. The van der Waals surface area contributed by atoms with Crippen molar-refractivity contribution in [2.45, 2.75) is 39.7 Å². The minimum absolute atomic E-state index is 0.0182. The highest BCUT2D eigenvalue weighted by Gasteiger charge is 2.22. The number of carbonyl (C=O) groups is 2. The number of ether oxygens (including phenoxy) is 3. The van der Waals surface area contributed by atoms with Crippen molar-refractivity contribution >= 4 is 11.9 Å². The van der Waals surface area contributed by atoms with Gasteiger partial charge in [-0.2, -0.15) is 5.10 Å². The largest absolute Gasteiger partial charge is 0.497 e. The van der Waals surface area contributed by atoms with Crippen LogP contribution in [0.4, 0.5) is 0 Å². The molecule has 7 heteroatoms. The zero-order valence-electron chi connectivity index (χ0n) is 15.7. The number of nitrogens with zero attached hydrogens (tertiary/aromatic N) is 2. The van der Waals surface area contributed by atoms with Crippen LogP contribution in [0.5, 0.6) is 5.75 Å². The molecule has 0 spiro atoms. The molecule has 7 nitrogen and oxygen atoms in total. The van der Waals surface area contributed by atoms with Crippen molar-refractivity contribution in [1.29, 1.82) is 0 Å². The predicted octanol–water partition coefficient (Wildman–Crippen LogP) is 2.94. The number of methoxy groups -OCH3 is 1. The topological polar surface area (TPSA) is 79.7 Å². The Labute approximate surface area is 152 Å². The first-order valence-electron chi connectivity index (χ1n) is 8.36. The van der Waals surface area contributed by atoms with E-state index in [9.17, 15) is 9.59 Å². The lowest BCUT2D eigenvalue weighted by Crippen LogP contribution is -2.25. The van der Waals surface area contributed by atoms with E-state index in [2.05, 4.69) is 5.10 Å². The molecule has 0 saturated carbocycles. The molecule has 2 aromatic rings. The van der Waals surface area contributed by atoms with Gasteiger partial charge in [-0.1, -0.05) is 0 Å². The van der Waals surface area contributed by atoms with Crippen molar-refractivity contribution in [2.75, 3.05) is 13.7 Å². The molecule has 0 aliphatic heterocycles. The average molecular weight is 360 g/mol. The van der Waals surface area contributed by atoms with Crippen LogP contribution in [0.2, 0.25) is 0 Å². The smallest absolute Gasteiger partial charge is 0.358 e. The molecule has 0 radical (unpaired) electrons. The summed E-state index contributed by atoms with van der Waals surface area (Å²) in [5, 5.41) is 4.30. The summed E-state index contributed by atoms with van der Waals surface area (Å²) < 4.78 is 17.1. The number of rotatable bonds is 6. The molecule has 1 heterocycles. The highest BCUT2D eigenvalue weighted by atomic mass is 16.6. The van der Waals surface area contributed by atoms with Gasteiger partial charge in [0, 0.05) is 0 Å². The van der Waals surface area contributed by atoms with Crippen LogP contribution in [0.3, 0.4) is 0 Å². The van der Waals surface area contributed by atoms with E-state index in [0.717, 1.165) is 0 Å². The molecule has 2 rings (SSSR count). The van der Waals surface area contributed by atoms with E-state index in [-0.39, 0.29) is 18.7 Å². The number of hydrogen-bond acceptors (Lipinski definition) is 6. The Morgan fingerprint density at radius 2 is 1.81 bits per heavy atom. The quantitative estimate of drug-likeness (QED) is 0.737. The second-order valence-electron chi connectivity index (χ2n) is 6.61. The van der Waals surface area contributed by atoms with Gasteiger partial charge >= 0.3 is 11.9 Å². The van der Waals surface area contributed by atoms with Crippen LogP contribution in [0.1, 0.15) is 43.9 Å². The van der Waals surface area contributed by atoms with E-state index in [1.807, 2.05) is 0 Å². The number of benzene rings is 1. The van der Waals surface area contributed by atoms with Crippen molar-refractivity contribution < 1.29 is 23.8 Å². The molecular formula is C19H24N2O5. The Bertz CT molecular complexity index is 772. The normalized spacial score (nSPS) is 11.1. The molecule has 26 heavy (non-hydrogen) atoms. The second-order valence-corrected chi connectivity index (χ2v) is 6.61. The third-order valence-electron chi connectivity index (χ3n) is 3.33. The fourth-order valence-electron chi connectivity index (χ4n) is 2.32. The maximum Gasteiger partial charge on any atom is 0.358 e. The molecular weight excluding hydrogens is 336 g/mol. The van der Waals surface area contributed by atoms with Gasteiger partial charge in [-0.3, -0.25) is 4.79 Å². The lowest BCUT2D eigenvalue weighted by Gasteiger charge is -2.19. The molecule has 0 amide bonds. The van der Waals surface area contributed by atoms with Gasteiger partial charge in [0.05, 0.1) is 31.5 Å². The average Bonchev–Trinajstić information content (AvgIpc) is 2.97. The molecule has 0 unspecified atom stereocenters. The van der Waals surface area contributed by atoms with Crippen molar-refractivity contribution in [1.82, 2.24) is 9.78 Å². The molecule has 0 aliphatic rings. The Balaban J connectivity index is 2.36. The first-order chi connectivity index (χ1) is 12.2. The standard InChI is InChI=1S/C19H24N2O5/c1-6-25-18(23)16-11-14(12-17(22)26-19(2,3)4)21(20-16)13-7-9-15(24-5)10-8-13/h7-11H,6,12H2,1-5H3. The molecule has 1 aromatic carbocycles. The Morgan fingerprint density at radius 3 is 2.35 bits per heavy atom. The van der Waals surface area contributed by atoms with Gasteiger partial charge in [0.1, 0.15) is 11.4 Å². The third-order valence-corrected chi connectivity index (χ3v) is 3.33. The fourth-order valence-corrected chi connectivity index (χ4v) is 2.32.